The first-order valence-corrected chi connectivity index (χ1v) is 6.15. The lowest BCUT2D eigenvalue weighted by molar-refractivity contribution is -0.116. The lowest BCUT2D eigenvalue weighted by Crippen LogP contribution is -2.12. The Hall–Kier alpha value is -2.30. The van der Waals surface area contributed by atoms with E-state index in [0.29, 0.717) is 25.3 Å². The number of para-hydroxylation sites is 1. The summed E-state index contributed by atoms with van der Waals surface area (Å²) in [4.78, 5) is 11.6. The summed E-state index contributed by atoms with van der Waals surface area (Å²) < 4.78 is 10.4. The summed E-state index contributed by atoms with van der Waals surface area (Å²) in [6.45, 7) is 2.31. The number of amides is 1. The van der Waals surface area contributed by atoms with Gasteiger partial charge in [-0.3, -0.25) is 10.1 Å². The van der Waals surface area contributed by atoms with Crippen molar-refractivity contribution in [1.82, 2.24) is 5.16 Å². The molecule has 1 heterocycles. The third-order valence-electron chi connectivity index (χ3n) is 2.45. The predicted octanol–water partition coefficient (Wildman–Crippen LogP) is 2.78. The van der Waals surface area contributed by atoms with E-state index in [1.807, 2.05) is 30.3 Å². The average molecular weight is 260 g/mol. The van der Waals surface area contributed by atoms with Gasteiger partial charge >= 0.3 is 0 Å². The van der Waals surface area contributed by atoms with E-state index in [2.05, 4.69) is 10.5 Å². The number of aryl methyl sites for hydroxylation is 1. The Labute approximate surface area is 111 Å². The highest BCUT2D eigenvalue weighted by molar-refractivity contribution is 5.89. The number of anilines is 1. The van der Waals surface area contributed by atoms with Gasteiger partial charge in [-0.2, -0.15) is 0 Å². The molecule has 1 aromatic heterocycles. The maximum atomic E-state index is 11.6. The zero-order valence-corrected chi connectivity index (χ0v) is 10.8. The van der Waals surface area contributed by atoms with E-state index in [-0.39, 0.29) is 5.91 Å². The van der Waals surface area contributed by atoms with Crippen LogP contribution in [-0.2, 0) is 4.79 Å². The molecule has 0 aliphatic carbocycles. The summed E-state index contributed by atoms with van der Waals surface area (Å²) in [5.41, 5.74) is 0.739. The lowest BCUT2D eigenvalue weighted by atomic mass is 10.3. The lowest BCUT2D eigenvalue weighted by Gasteiger charge is -2.05. The van der Waals surface area contributed by atoms with Crippen LogP contribution in [0.2, 0.25) is 0 Å². The second kappa shape index (κ2) is 6.58. The topological polar surface area (TPSA) is 64.4 Å². The van der Waals surface area contributed by atoms with E-state index in [1.165, 1.54) is 0 Å². The summed E-state index contributed by atoms with van der Waals surface area (Å²) in [6.07, 6.45) is 1.03. The largest absolute Gasteiger partial charge is 0.494 e. The second-order valence-corrected chi connectivity index (χ2v) is 4.15. The summed E-state index contributed by atoms with van der Waals surface area (Å²) in [5.74, 6) is 1.09. The van der Waals surface area contributed by atoms with Crippen molar-refractivity contribution in [2.24, 2.45) is 0 Å². The Morgan fingerprint density at radius 2 is 2.16 bits per heavy atom. The van der Waals surface area contributed by atoms with Crippen LogP contribution in [0.15, 0.2) is 40.9 Å². The Balaban J connectivity index is 1.64. The highest BCUT2D eigenvalue weighted by Crippen LogP contribution is 2.10. The van der Waals surface area contributed by atoms with Crippen LogP contribution >= 0.6 is 0 Å². The zero-order valence-electron chi connectivity index (χ0n) is 10.8. The number of rotatable bonds is 6. The van der Waals surface area contributed by atoms with Crippen molar-refractivity contribution in [2.45, 2.75) is 19.8 Å². The third kappa shape index (κ3) is 4.46. The first-order valence-electron chi connectivity index (χ1n) is 6.15. The highest BCUT2D eigenvalue weighted by Gasteiger charge is 2.06. The predicted molar refractivity (Wildman–Crippen MR) is 71.0 cm³/mol. The van der Waals surface area contributed by atoms with E-state index >= 15 is 0 Å². The molecule has 0 bridgehead atoms. The molecule has 0 spiro atoms. The molecule has 1 amide bonds. The first-order chi connectivity index (χ1) is 9.24. The number of hydrogen-bond acceptors (Lipinski definition) is 4. The third-order valence-corrected chi connectivity index (χ3v) is 2.45. The molecule has 0 unspecified atom stereocenters. The molecular weight excluding hydrogens is 244 g/mol. The fourth-order valence-corrected chi connectivity index (χ4v) is 1.56. The number of carbonyl (C=O) groups excluding carboxylic acids is 1. The summed E-state index contributed by atoms with van der Waals surface area (Å²) >= 11 is 0. The molecule has 0 fully saturated rings. The Bertz CT molecular complexity index is 522. The fraction of sp³-hybridized carbons (Fsp3) is 0.286. The first kappa shape index (κ1) is 13.1. The molecule has 0 aliphatic rings. The normalized spacial score (nSPS) is 10.2. The number of ether oxygens (including phenoxy) is 1. The van der Waals surface area contributed by atoms with Crippen molar-refractivity contribution in [1.29, 1.82) is 0 Å². The Morgan fingerprint density at radius 1 is 1.37 bits per heavy atom. The quantitative estimate of drug-likeness (QED) is 0.811. The van der Waals surface area contributed by atoms with Crippen molar-refractivity contribution >= 4 is 11.8 Å². The molecule has 1 aromatic carbocycles. The number of aromatic nitrogens is 1. The summed E-state index contributed by atoms with van der Waals surface area (Å²) in [5, 5.41) is 6.33. The van der Waals surface area contributed by atoms with Crippen LogP contribution in [-0.4, -0.2) is 17.7 Å². The second-order valence-electron chi connectivity index (χ2n) is 4.15. The van der Waals surface area contributed by atoms with Crippen molar-refractivity contribution in [2.75, 3.05) is 11.9 Å². The monoisotopic (exact) mass is 260 g/mol. The van der Waals surface area contributed by atoms with Gasteiger partial charge < -0.3 is 9.26 Å². The molecule has 2 rings (SSSR count). The van der Waals surface area contributed by atoms with Crippen molar-refractivity contribution in [3.63, 3.8) is 0 Å². The number of nitrogens with one attached hydrogen (secondary N) is 1. The molecule has 2 aromatic rings. The van der Waals surface area contributed by atoms with Gasteiger partial charge in [0.05, 0.1) is 12.3 Å². The minimum atomic E-state index is -0.104. The van der Waals surface area contributed by atoms with E-state index in [4.69, 9.17) is 9.26 Å². The van der Waals surface area contributed by atoms with Crippen LogP contribution < -0.4 is 10.1 Å². The molecule has 100 valence electrons. The van der Waals surface area contributed by atoms with Gasteiger partial charge in [0, 0.05) is 12.5 Å². The Kier molecular flexibility index (Phi) is 4.55. The molecule has 0 radical (unpaired) electrons. The van der Waals surface area contributed by atoms with Crippen molar-refractivity contribution < 1.29 is 14.1 Å². The van der Waals surface area contributed by atoms with Crippen LogP contribution in [0.5, 0.6) is 5.75 Å². The zero-order chi connectivity index (χ0) is 13.5. The van der Waals surface area contributed by atoms with Gasteiger partial charge in [0.15, 0.2) is 0 Å². The number of nitrogens with zero attached hydrogens (tertiary/aromatic N) is 1. The molecule has 5 heteroatoms. The fourth-order valence-electron chi connectivity index (χ4n) is 1.56. The van der Waals surface area contributed by atoms with Gasteiger partial charge in [0.1, 0.15) is 5.75 Å². The van der Waals surface area contributed by atoms with Gasteiger partial charge in [-0.1, -0.05) is 23.4 Å². The van der Waals surface area contributed by atoms with Crippen LogP contribution in [0.3, 0.4) is 0 Å². The van der Waals surface area contributed by atoms with Crippen LogP contribution in [0.25, 0.3) is 0 Å². The Morgan fingerprint density at radius 3 is 2.84 bits per heavy atom. The molecule has 0 aliphatic heterocycles. The van der Waals surface area contributed by atoms with Crippen molar-refractivity contribution in [3.05, 3.63) is 42.1 Å². The number of hydrogen-bond donors (Lipinski definition) is 1. The van der Waals surface area contributed by atoms with E-state index < -0.39 is 0 Å². The van der Waals surface area contributed by atoms with Gasteiger partial charge in [-0.15, -0.1) is 0 Å². The summed E-state index contributed by atoms with van der Waals surface area (Å²) in [7, 11) is 0. The standard InChI is InChI=1S/C14H16N2O3/c1-11-10-14(19-16-11)15-13(17)8-5-9-18-12-6-3-2-4-7-12/h2-4,6-7,10H,5,8-9H2,1H3,(H,15,17). The highest BCUT2D eigenvalue weighted by atomic mass is 16.5. The summed E-state index contributed by atoms with van der Waals surface area (Å²) in [6, 6.07) is 11.2. The number of carbonyl (C=O) groups is 1. The van der Waals surface area contributed by atoms with Gasteiger partial charge in [-0.25, -0.2) is 0 Å². The van der Waals surface area contributed by atoms with Crippen LogP contribution in [0, 0.1) is 6.92 Å². The van der Waals surface area contributed by atoms with Crippen LogP contribution in [0.1, 0.15) is 18.5 Å². The molecule has 5 nitrogen and oxygen atoms in total. The number of benzene rings is 1. The minimum Gasteiger partial charge on any atom is -0.494 e. The molecule has 0 saturated carbocycles. The maximum absolute atomic E-state index is 11.6. The van der Waals surface area contributed by atoms with E-state index in [0.717, 1.165) is 11.4 Å². The maximum Gasteiger partial charge on any atom is 0.231 e. The molecular formula is C14H16N2O3. The SMILES string of the molecule is Cc1cc(NC(=O)CCCOc2ccccc2)on1. The van der Waals surface area contributed by atoms with E-state index in [9.17, 15) is 4.79 Å². The van der Waals surface area contributed by atoms with Crippen molar-refractivity contribution in [3.8, 4) is 5.75 Å². The van der Waals surface area contributed by atoms with Crippen LogP contribution in [0.4, 0.5) is 5.88 Å². The van der Waals surface area contributed by atoms with E-state index in [1.54, 1.807) is 13.0 Å². The van der Waals surface area contributed by atoms with Gasteiger partial charge in [0.25, 0.3) is 0 Å². The smallest absolute Gasteiger partial charge is 0.231 e. The van der Waals surface area contributed by atoms with Gasteiger partial charge in [0.2, 0.25) is 11.8 Å². The molecule has 1 N–H and O–H groups in total. The van der Waals surface area contributed by atoms with Gasteiger partial charge in [-0.05, 0) is 25.5 Å². The molecule has 0 saturated heterocycles. The average Bonchev–Trinajstić information content (AvgIpc) is 2.81. The minimum absolute atomic E-state index is 0.104. The molecule has 19 heavy (non-hydrogen) atoms. The molecule has 0 atom stereocenters.